The normalized spacial score (nSPS) is 20.8. The maximum atomic E-state index is 12.5. The summed E-state index contributed by atoms with van der Waals surface area (Å²) in [5.74, 6) is 1.35. The van der Waals surface area contributed by atoms with Crippen molar-refractivity contribution in [1.82, 2.24) is 9.80 Å². The molecule has 1 aromatic heterocycles. The van der Waals surface area contributed by atoms with E-state index in [0.29, 0.717) is 38.4 Å². The number of likely N-dealkylation sites (tertiary alicyclic amines) is 2. The van der Waals surface area contributed by atoms with Crippen molar-refractivity contribution in [2.45, 2.75) is 43.3 Å². The Morgan fingerprint density at radius 2 is 1.88 bits per heavy atom. The van der Waals surface area contributed by atoms with Gasteiger partial charge in [-0.25, -0.2) is 0 Å². The van der Waals surface area contributed by atoms with Crippen molar-refractivity contribution in [2.75, 3.05) is 39.8 Å². The van der Waals surface area contributed by atoms with Gasteiger partial charge in [-0.3, -0.25) is 4.79 Å². The van der Waals surface area contributed by atoms with Gasteiger partial charge in [0.15, 0.2) is 0 Å². The second-order valence-corrected chi connectivity index (χ2v) is 9.96. The van der Waals surface area contributed by atoms with Gasteiger partial charge in [0.1, 0.15) is 5.75 Å². The lowest BCUT2D eigenvalue weighted by Crippen LogP contribution is -2.56. The van der Waals surface area contributed by atoms with Crippen LogP contribution in [-0.4, -0.2) is 77.5 Å². The first kappa shape index (κ1) is 24.0. The molecule has 2 N–H and O–H groups in total. The van der Waals surface area contributed by atoms with E-state index in [2.05, 4.69) is 17.0 Å². The maximum absolute atomic E-state index is 12.5. The molecular weight excluding hydrogens is 436 g/mol. The highest BCUT2D eigenvalue weighted by atomic mass is 32.1. The Morgan fingerprint density at radius 3 is 2.48 bits per heavy atom. The van der Waals surface area contributed by atoms with E-state index >= 15 is 0 Å². The third kappa shape index (κ3) is 6.03. The molecule has 2 aliphatic heterocycles. The molecule has 1 amide bonds. The zero-order valence-corrected chi connectivity index (χ0v) is 20.0. The molecule has 1 unspecified atom stereocenters. The van der Waals surface area contributed by atoms with Crippen LogP contribution in [0.1, 0.15) is 42.7 Å². The molecule has 178 valence electrons. The number of amides is 1. The summed E-state index contributed by atoms with van der Waals surface area (Å²) >= 11 is 1.60. The van der Waals surface area contributed by atoms with Gasteiger partial charge in [-0.1, -0.05) is 12.1 Å². The number of ether oxygens (including phenoxy) is 1. The summed E-state index contributed by atoms with van der Waals surface area (Å²) in [6.07, 6.45) is 5.48. The van der Waals surface area contributed by atoms with Crippen LogP contribution in [0.2, 0.25) is 0 Å². The molecule has 0 spiro atoms. The summed E-state index contributed by atoms with van der Waals surface area (Å²) in [7, 11) is 1.68. The van der Waals surface area contributed by atoms with Crippen LogP contribution in [0.4, 0.5) is 0 Å². The molecule has 1 atom stereocenters. The highest BCUT2D eigenvalue weighted by Crippen LogP contribution is 2.31. The van der Waals surface area contributed by atoms with Crippen molar-refractivity contribution in [3.63, 3.8) is 0 Å². The molecule has 33 heavy (non-hydrogen) atoms. The van der Waals surface area contributed by atoms with Crippen molar-refractivity contribution in [3.05, 3.63) is 58.3 Å². The summed E-state index contributed by atoms with van der Waals surface area (Å²) in [4.78, 5) is 16.5. The van der Waals surface area contributed by atoms with E-state index in [-0.39, 0.29) is 5.91 Å². The van der Waals surface area contributed by atoms with E-state index < -0.39 is 11.7 Å². The fourth-order valence-corrected chi connectivity index (χ4v) is 5.46. The number of thiophene rings is 1. The Labute approximate surface area is 200 Å². The van der Waals surface area contributed by atoms with Crippen LogP contribution in [0, 0.1) is 0 Å². The molecule has 2 aliphatic rings. The molecule has 0 aliphatic carbocycles. The molecule has 4 rings (SSSR count). The average molecular weight is 471 g/mol. The predicted molar refractivity (Wildman–Crippen MR) is 132 cm³/mol. The fraction of sp³-hybridized carbons (Fsp3) is 0.500. The molecule has 0 bridgehead atoms. The first-order chi connectivity index (χ1) is 16.0. The van der Waals surface area contributed by atoms with Gasteiger partial charge in [0.05, 0.1) is 18.8 Å². The van der Waals surface area contributed by atoms with Gasteiger partial charge in [-0.05, 0) is 90.9 Å². The first-order valence-corrected chi connectivity index (χ1v) is 12.7. The predicted octanol–water partition coefficient (Wildman–Crippen LogP) is 3.36. The van der Waals surface area contributed by atoms with Crippen LogP contribution in [0.15, 0.2) is 47.2 Å². The number of hydrogen-bond acceptors (Lipinski definition) is 6. The number of β-amino-alcohol motifs (C(OH)–C–C–N with tert-alkyl or cyclic N) is 1. The summed E-state index contributed by atoms with van der Waals surface area (Å²) in [5, 5.41) is 25.9. The lowest BCUT2D eigenvalue weighted by atomic mass is 9.84. The second-order valence-electron chi connectivity index (χ2n) is 9.18. The first-order valence-electron chi connectivity index (χ1n) is 11.7. The maximum Gasteiger partial charge on any atom is 0.246 e. The molecular formula is C26H34N2O4S. The Kier molecular flexibility index (Phi) is 7.86. The standard InChI is InChI=1S/C26H34N2O4S/c1-32-23-5-3-21(4-6-23)22-8-13-27(14-9-22)18-24(29)26(31)11-15-28(16-12-26)25(30)7-2-20-10-17-33-19-20/h2-7,10,17,19,22,24,29,31H,8-9,11-16,18H2,1H3/b7-2+. The summed E-state index contributed by atoms with van der Waals surface area (Å²) in [5.41, 5.74) is 1.22. The zero-order chi connectivity index (χ0) is 23.3. The van der Waals surface area contributed by atoms with Crippen molar-refractivity contribution in [1.29, 1.82) is 0 Å². The van der Waals surface area contributed by atoms with E-state index in [0.717, 1.165) is 37.2 Å². The Bertz CT molecular complexity index is 912. The number of aliphatic hydroxyl groups is 2. The van der Waals surface area contributed by atoms with E-state index in [9.17, 15) is 15.0 Å². The number of methoxy groups -OCH3 is 1. The minimum Gasteiger partial charge on any atom is -0.497 e. The molecule has 2 fully saturated rings. The van der Waals surface area contributed by atoms with Gasteiger partial charge >= 0.3 is 0 Å². The number of piperidine rings is 2. The van der Waals surface area contributed by atoms with Crippen molar-refractivity contribution < 1.29 is 19.7 Å². The summed E-state index contributed by atoms with van der Waals surface area (Å²) < 4.78 is 5.25. The smallest absolute Gasteiger partial charge is 0.246 e. The minimum atomic E-state index is -1.14. The molecule has 7 heteroatoms. The van der Waals surface area contributed by atoms with Crippen LogP contribution in [0.3, 0.4) is 0 Å². The topological polar surface area (TPSA) is 73.2 Å². The van der Waals surface area contributed by atoms with Gasteiger partial charge in [0.2, 0.25) is 5.91 Å². The largest absolute Gasteiger partial charge is 0.497 e. The third-order valence-electron chi connectivity index (χ3n) is 7.13. The Balaban J connectivity index is 1.22. The fourth-order valence-electron chi connectivity index (χ4n) is 4.83. The SMILES string of the molecule is COc1ccc(C2CCN(CC(O)C3(O)CCN(C(=O)/C=C/c4ccsc4)CC3)CC2)cc1. The van der Waals surface area contributed by atoms with E-state index in [1.165, 1.54) is 5.56 Å². The van der Waals surface area contributed by atoms with Crippen LogP contribution in [-0.2, 0) is 4.79 Å². The summed E-state index contributed by atoms with van der Waals surface area (Å²) in [6.45, 7) is 3.20. The summed E-state index contributed by atoms with van der Waals surface area (Å²) in [6, 6.07) is 10.3. The molecule has 1 aromatic carbocycles. The van der Waals surface area contributed by atoms with Crippen molar-refractivity contribution >= 4 is 23.3 Å². The number of carbonyl (C=O) groups excluding carboxylic acids is 1. The van der Waals surface area contributed by atoms with Gasteiger partial charge in [0.25, 0.3) is 0 Å². The van der Waals surface area contributed by atoms with Gasteiger partial charge in [-0.2, -0.15) is 11.3 Å². The van der Waals surface area contributed by atoms with Crippen LogP contribution < -0.4 is 4.74 Å². The number of aliphatic hydroxyl groups excluding tert-OH is 1. The molecule has 0 radical (unpaired) electrons. The minimum absolute atomic E-state index is 0.0432. The van der Waals surface area contributed by atoms with E-state index in [1.807, 2.05) is 35.0 Å². The third-order valence-corrected chi connectivity index (χ3v) is 7.83. The van der Waals surface area contributed by atoms with Crippen LogP contribution >= 0.6 is 11.3 Å². The Hall–Kier alpha value is -2.19. The molecule has 6 nitrogen and oxygen atoms in total. The van der Waals surface area contributed by atoms with E-state index in [1.54, 1.807) is 29.4 Å². The lowest BCUT2D eigenvalue weighted by Gasteiger charge is -2.43. The second kappa shape index (κ2) is 10.8. The molecule has 0 saturated carbocycles. The zero-order valence-electron chi connectivity index (χ0n) is 19.2. The quantitative estimate of drug-likeness (QED) is 0.607. The van der Waals surface area contributed by atoms with Crippen LogP contribution in [0.5, 0.6) is 5.75 Å². The number of carbonyl (C=O) groups is 1. The molecule has 2 aromatic rings. The van der Waals surface area contributed by atoms with Crippen LogP contribution in [0.25, 0.3) is 6.08 Å². The van der Waals surface area contributed by atoms with Gasteiger partial charge in [0, 0.05) is 25.7 Å². The van der Waals surface area contributed by atoms with Gasteiger partial charge < -0.3 is 24.7 Å². The highest BCUT2D eigenvalue weighted by Gasteiger charge is 2.40. The lowest BCUT2D eigenvalue weighted by molar-refractivity contribution is -0.140. The Morgan fingerprint density at radius 1 is 1.18 bits per heavy atom. The average Bonchev–Trinajstić information content (AvgIpc) is 3.37. The number of nitrogens with zero attached hydrogens (tertiary/aromatic N) is 2. The number of benzene rings is 1. The van der Waals surface area contributed by atoms with Gasteiger partial charge in [-0.15, -0.1) is 0 Å². The molecule has 3 heterocycles. The van der Waals surface area contributed by atoms with Crippen molar-refractivity contribution in [2.24, 2.45) is 0 Å². The highest BCUT2D eigenvalue weighted by molar-refractivity contribution is 7.08. The molecule has 2 saturated heterocycles. The monoisotopic (exact) mass is 470 g/mol. The number of hydrogen-bond donors (Lipinski definition) is 2. The van der Waals surface area contributed by atoms with E-state index in [4.69, 9.17) is 4.74 Å². The number of rotatable bonds is 7. The van der Waals surface area contributed by atoms with Crippen molar-refractivity contribution in [3.8, 4) is 5.75 Å².